The Bertz CT molecular complexity index is 651. The second-order valence-corrected chi connectivity index (χ2v) is 4.77. The molecule has 0 aliphatic carbocycles. The van der Waals surface area contributed by atoms with E-state index in [1.54, 1.807) is 12.4 Å². The van der Waals surface area contributed by atoms with Gasteiger partial charge in [-0.3, -0.25) is 9.78 Å². The molecule has 0 atom stereocenters. The summed E-state index contributed by atoms with van der Waals surface area (Å²) in [7, 11) is 0. The minimum Gasteiger partial charge on any atom is -0.489 e. The van der Waals surface area contributed by atoms with Crippen molar-refractivity contribution in [2.75, 3.05) is 0 Å². The van der Waals surface area contributed by atoms with Gasteiger partial charge in [0.15, 0.2) is 0 Å². The largest absolute Gasteiger partial charge is 0.489 e. The summed E-state index contributed by atoms with van der Waals surface area (Å²) in [5, 5.41) is 4.07. The van der Waals surface area contributed by atoms with Gasteiger partial charge in [-0.15, -0.1) is 0 Å². The number of aromatic nitrogens is 1. The summed E-state index contributed by atoms with van der Waals surface area (Å²) in [6.45, 7) is 0.490. The third-order valence-electron chi connectivity index (χ3n) is 3.22. The number of carbonyl (C=O) groups is 1. The van der Waals surface area contributed by atoms with E-state index in [1.165, 1.54) is 0 Å². The quantitative estimate of drug-likeness (QED) is 0.935. The van der Waals surface area contributed by atoms with Gasteiger partial charge in [-0.2, -0.15) is 5.10 Å². The Morgan fingerprint density at radius 1 is 1.14 bits per heavy atom. The Hall–Kier alpha value is -2.69. The molecule has 0 spiro atoms. The Morgan fingerprint density at radius 3 is 2.67 bits per heavy atom. The highest BCUT2D eigenvalue weighted by Gasteiger charge is 2.12. The second kappa shape index (κ2) is 6.17. The van der Waals surface area contributed by atoms with Crippen molar-refractivity contribution in [1.29, 1.82) is 0 Å². The van der Waals surface area contributed by atoms with Crippen LogP contribution in [0.4, 0.5) is 0 Å². The molecule has 0 saturated heterocycles. The van der Waals surface area contributed by atoms with E-state index >= 15 is 0 Å². The minimum atomic E-state index is -0.0322. The highest BCUT2D eigenvalue weighted by molar-refractivity contribution is 6.04. The summed E-state index contributed by atoms with van der Waals surface area (Å²) in [5.74, 6) is 0.762. The summed E-state index contributed by atoms with van der Waals surface area (Å²) in [5.41, 5.74) is 5.43. The van der Waals surface area contributed by atoms with Crippen LogP contribution in [0.3, 0.4) is 0 Å². The fourth-order valence-corrected chi connectivity index (χ4v) is 2.08. The maximum atomic E-state index is 11.1. The van der Waals surface area contributed by atoms with Crippen LogP contribution in [0.15, 0.2) is 53.9 Å². The number of amides is 1. The molecule has 1 aliphatic heterocycles. The predicted octanol–water partition coefficient (Wildman–Crippen LogP) is 2.27. The van der Waals surface area contributed by atoms with E-state index in [1.807, 2.05) is 36.4 Å². The Labute approximate surface area is 122 Å². The summed E-state index contributed by atoms with van der Waals surface area (Å²) in [4.78, 5) is 15.1. The smallest absolute Gasteiger partial charge is 0.240 e. The summed E-state index contributed by atoms with van der Waals surface area (Å²) < 4.78 is 5.70. The van der Waals surface area contributed by atoms with Crippen LogP contribution in [0, 0.1) is 0 Å². The monoisotopic (exact) mass is 281 g/mol. The topological polar surface area (TPSA) is 63.6 Å². The number of hydrogen-bond acceptors (Lipinski definition) is 4. The van der Waals surface area contributed by atoms with Gasteiger partial charge in [-0.25, -0.2) is 5.43 Å². The van der Waals surface area contributed by atoms with E-state index < -0.39 is 0 Å². The minimum absolute atomic E-state index is 0.0322. The number of hydrazone groups is 1. The molecule has 1 aromatic heterocycles. The lowest BCUT2D eigenvalue weighted by atomic mass is 10.0. The molecule has 0 fully saturated rings. The van der Waals surface area contributed by atoms with Crippen LogP contribution in [0.5, 0.6) is 5.75 Å². The van der Waals surface area contributed by atoms with E-state index in [4.69, 9.17) is 4.74 Å². The van der Waals surface area contributed by atoms with Crippen molar-refractivity contribution in [2.24, 2.45) is 5.10 Å². The van der Waals surface area contributed by atoms with Gasteiger partial charge in [0.05, 0.1) is 5.71 Å². The molecule has 5 nitrogen and oxygen atoms in total. The van der Waals surface area contributed by atoms with Crippen molar-refractivity contribution < 1.29 is 9.53 Å². The van der Waals surface area contributed by atoms with E-state index in [-0.39, 0.29) is 5.91 Å². The molecule has 1 N–H and O–H groups in total. The third kappa shape index (κ3) is 3.45. The first kappa shape index (κ1) is 13.3. The van der Waals surface area contributed by atoms with E-state index in [0.29, 0.717) is 19.4 Å². The maximum absolute atomic E-state index is 11.1. The van der Waals surface area contributed by atoms with Crippen LogP contribution in [0.1, 0.15) is 24.0 Å². The molecule has 1 aliphatic rings. The van der Waals surface area contributed by atoms with E-state index in [9.17, 15) is 4.79 Å². The van der Waals surface area contributed by atoms with Crippen molar-refractivity contribution in [1.82, 2.24) is 10.4 Å². The first-order valence-electron chi connectivity index (χ1n) is 6.79. The number of hydrogen-bond donors (Lipinski definition) is 1. The van der Waals surface area contributed by atoms with Crippen molar-refractivity contribution in [2.45, 2.75) is 19.4 Å². The lowest BCUT2D eigenvalue weighted by Gasteiger charge is -2.12. The maximum Gasteiger partial charge on any atom is 0.240 e. The average Bonchev–Trinajstić information content (AvgIpc) is 2.55. The molecular weight excluding hydrogens is 266 g/mol. The third-order valence-corrected chi connectivity index (χ3v) is 3.22. The molecule has 21 heavy (non-hydrogen) atoms. The SMILES string of the molecule is O=C1CCC(c2ccc(OCc3cccnc3)cc2)=NN1. The number of ether oxygens (including phenoxy) is 1. The Morgan fingerprint density at radius 2 is 2.00 bits per heavy atom. The highest BCUT2D eigenvalue weighted by Crippen LogP contribution is 2.16. The van der Waals surface area contributed by atoms with Crippen molar-refractivity contribution in [3.05, 3.63) is 59.9 Å². The van der Waals surface area contributed by atoms with Crippen LogP contribution in [-0.4, -0.2) is 16.6 Å². The van der Waals surface area contributed by atoms with Crippen LogP contribution in [0.2, 0.25) is 0 Å². The lowest BCUT2D eigenvalue weighted by molar-refractivity contribution is -0.121. The molecular formula is C16H15N3O2. The summed E-state index contributed by atoms with van der Waals surface area (Å²) >= 11 is 0. The number of rotatable bonds is 4. The summed E-state index contributed by atoms with van der Waals surface area (Å²) in [6.07, 6.45) is 4.68. The molecule has 5 heteroatoms. The van der Waals surface area contributed by atoms with Gasteiger partial charge < -0.3 is 4.74 Å². The van der Waals surface area contributed by atoms with Gasteiger partial charge in [0, 0.05) is 30.8 Å². The zero-order chi connectivity index (χ0) is 14.5. The molecule has 1 aromatic carbocycles. The predicted molar refractivity (Wildman–Crippen MR) is 78.9 cm³/mol. The standard InChI is InChI=1S/C16H15N3O2/c20-16-8-7-15(18-19-16)13-3-5-14(6-4-13)21-11-12-2-1-9-17-10-12/h1-6,9-10H,7-8,11H2,(H,19,20). The van der Waals surface area contributed by atoms with Crippen molar-refractivity contribution in [3.8, 4) is 5.75 Å². The van der Waals surface area contributed by atoms with Gasteiger partial charge in [0.25, 0.3) is 0 Å². The number of pyridine rings is 1. The lowest BCUT2D eigenvalue weighted by Crippen LogP contribution is -2.25. The van der Waals surface area contributed by atoms with E-state index in [2.05, 4.69) is 15.5 Å². The van der Waals surface area contributed by atoms with Gasteiger partial charge in [-0.05, 0) is 35.9 Å². The van der Waals surface area contributed by atoms with Crippen molar-refractivity contribution >= 4 is 11.6 Å². The number of benzene rings is 1. The van der Waals surface area contributed by atoms with Crippen LogP contribution in [-0.2, 0) is 11.4 Å². The fraction of sp³-hybridized carbons (Fsp3) is 0.188. The fourth-order valence-electron chi connectivity index (χ4n) is 2.08. The molecule has 0 bridgehead atoms. The van der Waals surface area contributed by atoms with Gasteiger partial charge in [0.1, 0.15) is 12.4 Å². The van der Waals surface area contributed by atoms with E-state index in [0.717, 1.165) is 22.6 Å². The normalized spacial score (nSPS) is 14.3. The Balaban J connectivity index is 1.63. The molecule has 3 rings (SSSR count). The highest BCUT2D eigenvalue weighted by atomic mass is 16.5. The van der Waals surface area contributed by atoms with Crippen LogP contribution in [0.25, 0.3) is 0 Å². The summed E-state index contributed by atoms with van der Waals surface area (Å²) in [6, 6.07) is 11.6. The second-order valence-electron chi connectivity index (χ2n) is 4.77. The average molecular weight is 281 g/mol. The molecule has 2 aromatic rings. The molecule has 1 amide bonds. The Kier molecular flexibility index (Phi) is 3.91. The number of carbonyl (C=O) groups excluding carboxylic acids is 1. The zero-order valence-electron chi connectivity index (χ0n) is 11.5. The molecule has 0 radical (unpaired) electrons. The molecule has 0 saturated carbocycles. The molecule has 2 heterocycles. The van der Waals surface area contributed by atoms with Gasteiger partial charge >= 0.3 is 0 Å². The molecule has 106 valence electrons. The van der Waals surface area contributed by atoms with Gasteiger partial charge in [-0.1, -0.05) is 6.07 Å². The number of nitrogens with one attached hydrogen (secondary N) is 1. The van der Waals surface area contributed by atoms with Crippen molar-refractivity contribution in [3.63, 3.8) is 0 Å². The molecule has 0 unspecified atom stereocenters. The van der Waals surface area contributed by atoms with Crippen LogP contribution >= 0.6 is 0 Å². The first-order chi connectivity index (χ1) is 10.3. The van der Waals surface area contributed by atoms with Crippen LogP contribution < -0.4 is 10.2 Å². The van der Waals surface area contributed by atoms with Gasteiger partial charge in [0.2, 0.25) is 5.91 Å². The number of nitrogens with zero attached hydrogens (tertiary/aromatic N) is 2. The first-order valence-corrected chi connectivity index (χ1v) is 6.79. The zero-order valence-corrected chi connectivity index (χ0v) is 11.5.